The van der Waals surface area contributed by atoms with Gasteiger partial charge in [-0.1, -0.05) is 12.5 Å². The lowest BCUT2D eigenvalue weighted by molar-refractivity contribution is -0.127. The van der Waals surface area contributed by atoms with Crippen molar-refractivity contribution in [3.05, 3.63) is 60.2 Å². The highest BCUT2D eigenvalue weighted by atomic mass is 16.5. The van der Waals surface area contributed by atoms with Crippen LogP contribution in [0.3, 0.4) is 0 Å². The van der Waals surface area contributed by atoms with Crippen molar-refractivity contribution in [3.8, 4) is 11.8 Å². The van der Waals surface area contributed by atoms with E-state index in [0.717, 1.165) is 27.9 Å². The molecule has 3 N–H and O–H groups in total. The number of hydrogen-bond donors (Lipinski definition) is 2. The number of aromatic nitrogens is 5. The van der Waals surface area contributed by atoms with Gasteiger partial charge in [-0.2, -0.15) is 5.10 Å². The molecular weight excluding hydrogens is 430 g/mol. The number of rotatable bonds is 4. The number of imidazole rings is 1. The van der Waals surface area contributed by atoms with Crippen LogP contribution in [0.2, 0.25) is 0 Å². The van der Waals surface area contributed by atoms with Gasteiger partial charge < -0.3 is 20.4 Å². The molecular formula is C25H25N7O2. The molecule has 0 bridgehead atoms. The zero-order valence-electron chi connectivity index (χ0n) is 19.1. The first-order valence-electron chi connectivity index (χ1n) is 11.0. The number of nitrogens with two attached hydrogens (primary N) is 1. The van der Waals surface area contributed by atoms with Crippen molar-refractivity contribution in [1.82, 2.24) is 29.6 Å². The van der Waals surface area contributed by atoms with Gasteiger partial charge in [0, 0.05) is 25.4 Å². The highest BCUT2D eigenvalue weighted by Crippen LogP contribution is 2.32. The molecule has 2 atom stereocenters. The van der Waals surface area contributed by atoms with Gasteiger partial charge >= 0.3 is 0 Å². The number of carbonyl (C=O) groups is 1. The number of benzene rings is 1. The molecule has 5 rings (SSSR count). The number of H-pyrrole nitrogens is 1. The molecule has 1 saturated heterocycles. The predicted molar refractivity (Wildman–Crippen MR) is 130 cm³/mol. The summed E-state index contributed by atoms with van der Waals surface area (Å²) in [5.74, 6) is 7.49. The molecule has 4 aromatic rings. The van der Waals surface area contributed by atoms with Gasteiger partial charge in [0.25, 0.3) is 0 Å². The topological polar surface area (TPSA) is 115 Å². The van der Waals surface area contributed by atoms with Crippen molar-refractivity contribution in [1.29, 1.82) is 0 Å². The average molecular weight is 456 g/mol. The first-order chi connectivity index (χ1) is 16.5. The fourth-order valence-corrected chi connectivity index (χ4v) is 4.63. The Kier molecular flexibility index (Phi) is 5.51. The van der Waals surface area contributed by atoms with Gasteiger partial charge in [-0.25, -0.2) is 9.97 Å². The minimum Gasteiger partial charge on any atom is -0.383 e. The summed E-state index contributed by atoms with van der Waals surface area (Å²) in [6.07, 6.45) is 3.70. The molecule has 0 spiro atoms. The Hall–Kier alpha value is -4.16. The molecule has 1 fully saturated rings. The van der Waals surface area contributed by atoms with Crippen LogP contribution in [0, 0.1) is 18.8 Å². The SMILES string of the molecule is C=CC(=O)N1C[C@@H](n2nc(C#Cc3ccc4nc(C)[nH]c4c3)c3c(N)nccc32)C[C@@H]1COC. The number of anilines is 1. The molecule has 0 aliphatic carbocycles. The van der Waals surface area contributed by atoms with Crippen LogP contribution in [0.5, 0.6) is 0 Å². The summed E-state index contributed by atoms with van der Waals surface area (Å²) in [5, 5.41) is 5.54. The Labute approximate surface area is 196 Å². The van der Waals surface area contributed by atoms with Crippen LogP contribution >= 0.6 is 0 Å². The standard InChI is InChI=1S/C25H25N7O2/c1-4-23(33)31-13-17(12-18(31)14-34-3)32-22-9-10-27-25(26)24(22)20(30-32)8-6-16-5-7-19-21(11-16)29-15(2)28-19/h4-5,7,9-11,17-18H,1,12-14H2,2-3H3,(H2,26,27)(H,28,29)/t17-,18+/m0/s1. The molecule has 1 aromatic carbocycles. The lowest BCUT2D eigenvalue weighted by Gasteiger charge is -2.22. The summed E-state index contributed by atoms with van der Waals surface area (Å²) in [6, 6.07) is 7.61. The molecule has 1 aliphatic heterocycles. The van der Waals surface area contributed by atoms with Crippen molar-refractivity contribution in [2.45, 2.75) is 25.4 Å². The Morgan fingerprint density at radius 2 is 2.24 bits per heavy atom. The number of aryl methyl sites for hydroxylation is 1. The summed E-state index contributed by atoms with van der Waals surface area (Å²) in [6.45, 7) is 6.50. The number of likely N-dealkylation sites (tertiary alicyclic amines) is 1. The third-order valence-corrected chi connectivity index (χ3v) is 6.13. The van der Waals surface area contributed by atoms with E-state index in [4.69, 9.17) is 15.6 Å². The summed E-state index contributed by atoms with van der Waals surface area (Å²) in [5.41, 5.74) is 10.3. The predicted octanol–water partition coefficient (Wildman–Crippen LogP) is 2.57. The van der Waals surface area contributed by atoms with Gasteiger partial charge in [0.15, 0.2) is 0 Å². The molecule has 0 radical (unpaired) electrons. The van der Waals surface area contributed by atoms with E-state index in [0.29, 0.717) is 36.5 Å². The monoisotopic (exact) mass is 455 g/mol. The molecule has 9 nitrogen and oxygen atoms in total. The van der Waals surface area contributed by atoms with Crippen LogP contribution in [-0.2, 0) is 9.53 Å². The van der Waals surface area contributed by atoms with Crippen LogP contribution in [0.25, 0.3) is 21.9 Å². The quantitative estimate of drug-likeness (QED) is 0.361. The van der Waals surface area contributed by atoms with Gasteiger partial charge in [-0.3, -0.25) is 9.48 Å². The lowest BCUT2D eigenvalue weighted by Crippen LogP contribution is -2.37. The Bertz CT molecular complexity index is 1470. The number of carbonyl (C=O) groups excluding carboxylic acids is 1. The summed E-state index contributed by atoms with van der Waals surface area (Å²) in [4.78, 5) is 26.1. The molecule has 3 aromatic heterocycles. The molecule has 0 saturated carbocycles. The summed E-state index contributed by atoms with van der Waals surface area (Å²) >= 11 is 0. The molecule has 4 heterocycles. The first-order valence-corrected chi connectivity index (χ1v) is 11.0. The number of aromatic amines is 1. The molecule has 0 unspecified atom stereocenters. The fourth-order valence-electron chi connectivity index (χ4n) is 4.63. The Morgan fingerprint density at radius 3 is 3.03 bits per heavy atom. The normalized spacial score (nSPS) is 17.8. The van der Waals surface area contributed by atoms with Crippen LogP contribution in [-0.4, -0.2) is 61.8 Å². The van der Waals surface area contributed by atoms with Crippen molar-refractivity contribution in [3.63, 3.8) is 0 Å². The Balaban J connectivity index is 1.54. The third kappa shape index (κ3) is 3.78. The lowest BCUT2D eigenvalue weighted by atomic mass is 10.1. The van der Waals surface area contributed by atoms with Crippen molar-refractivity contribution < 1.29 is 9.53 Å². The molecule has 1 amide bonds. The number of pyridine rings is 1. The van der Waals surface area contributed by atoms with E-state index in [9.17, 15) is 4.79 Å². The second-order valence-corrected chi connectivity index (χ2v) is 8.38. The van der Waals surface area contributed by atoms with E-state index in [2.05, 4.69) is 33.4 Å². The third-order valence-electron chi connectivity index (χ3n) is 6.13. The van der Waals surface area contributed by atoms with Gasteiger partial charge in [-0.05, 0) is 49.6 Å². The van der Waals surface area contributed by atoms with E-state index >= 15 is 0 Å². The summed E-state index contributed by atoms with van der Waals surface area (Å²) < 4.78 is 7.26. The van der Waals surface area contributed by atoms with E-state index in [-0.39, 0.29) is 18.0 Å². The first kappa shape index (κ1) is 21.7. The van der Waals surface area contributed by atoms with E-state index in [1.54, 1.807) is 18.2 Å². The average Bonchev–Trinajstić information content (AvgIpc) is 3.51. The van der Waals surface area contributed by atoms with E-state index < -0.39 is 0 Å². The van der Waals surface area contributed by atoms with E-state index in [1.807, 2.05) is 35.9 Å². The Morgan fingerprint density at radius 1 is 1.38 bits per heavy atom. The summed E-state index contributed by atoms with van der Waals surface area (Å²) in [7, 11) is 1.63. The zero-order valence-corrected chi connectivity index (χ0v) is 19.1. The number of nitrogens with zero attached hydrogens (tertiary/aromatic N) is 5. The van der Waals surface area contributed by atoms with Crippen molar-refractivity contribution in [2.75, 3.05) is 26.0 Å². The van der Waals surface area contributed by atoms with Crippen LogP contribution in [0.1, 0.15) is 29.5 Å². The van der Waals surface area contributed by atoms with E-state index in [1.165, 1.54) is 6.08 Å². The number of ether oxygens (including phenoxy) is 1. The van der Waals surface area contributed by atoms with Gasteiger partial charge in [0.1, 0.15) is 17.3 Å². The molecule has 172 valence electrons. The number of fused-ring (bicyclic) bond motifs is 2. The number of amides is 1. The maximum atomic E-state index is 12.4. The maximum Gasteiger partial charge on any atom is 0.246 e. The second-order valence-electron chi connectivity index (χ2n) is 8.38. The maximum absolute atomic E-state index is 12.4. The van der Waals surface area contributed by atoms with Gasteiger partial charge in [0.2, 0.25) is 5.91 Å². The minimum atomic E-state index is -0.119. The molecule has 34 heavy (non-hydrogen) atoms. The van der Waals surface area contributed by atoms with Crippen LogP contribution in [0.4, 0.5) is 5.82 Å². The van der Waals surface area contributed by atoms with Crippen LogP contribution < -0.4 is 5.73 Å². The van der Waals surface area contributed by atoms with Crippen molar-refractivity contribution >= 4 is 33.7 Å². The zero-order chi connectivity index (χ0) is 23.8. The van der Waals surface area contributed by atoms with Crippen LogP contribution in [0.15, 0.2) is 43.1 Å². The van der Waals surface area contributed by atoms with Crippen molar-refractivity contribution in [2.24, 2.45) is 0 Å². The number of methoxy groups -OCH3 is 1. The minimum absolute atomic E-state index is 0.0479. The smallest absolute Gasteiger partial charge is 0.246 e. The highest BCUT2D eigenvalue weighted by molar-refractivity contribution is 5.93. The second kappa shape index (κ2) is 8.65. The number of nitrogens with one attached hydrogen (secondary N) is 1. The van der Waals surface area contributed by atoms with Gasteiger partial charge in [-0.15, -0.1) is 0 Å². The largest absolute Gasteiger partial charge is 0.383 e. The van der Waals surface area contributed by atoms with Gasteiger partial charge in [0.05, 0.1) is 40.6 Å². The number of nitrogen functional groups attached to an aromatic ring is 1. The highest BCUT2D eigenvalue weighted by Gasteiger charge is 2.36. The molecule has 1 aliphatic rings. The number of hydrogen-bond acceptors (Lipinski definition) is 6. The molecule has 9 heteroatoms. The fraction of sp³-hybridized carbons (Fsp3) is 0.280.